The molecule has 114 valence electrons. The van der Waals surface area contributed by atoms with Crippen molar-refractivity contribution >= 4 is 5.78 Å². The van der Waals surface area contributed by atoms with Crippen LogP contribution in [-0.4, -0.2) is 23.8 Å². The van der Waals surface area contributed by atoms with E-state index in [9.17, 15) is 4.79 Å². The molecule has 0 unspecified atom stereocenters. The number of hydrogen-bond acceptors (Lipinski definition) is 3. The number of rotatable bonds is 4. The Morgan fingerprint density at radius 2 is 2.15 bits per heavy atom. The maximum Gasteiger partial charge on any atom is 0.163 e. The third-order valence-electron chi connectivity index (χ3n) is 4.79. The summed E-state index contributed by atoms with van der Waals surface area (Å²) in [6.07, 6.45) is 5.22. The summed E-state index contributed by atoms with van der Waals surface area (Å²) in [4.78, 5) is 12.4. The maximum atomic E-state index is 12.4. The smallest absolute Gasteiger partial charge is 0.163 e. The van der Waals surface area contributed by atoms with Crippen molar-refractivity contribution in [1.29, 1.82) is 0 Å². The van der Waals surface area contributed by atoms with Gasteiger partial charge in [0.25, 0.3) is 0 Å². The first-order valence-corrected chi connectivity index (χ1v) is 7.79. The van der Waals surface area contributed by atoms with Crippen molar-refractivity contribution in [3.05, 3.63) is 12.7 Å². The van der Waals surface area contributed by atoms with E-state index in [1.54, 1.807) is 0 Å². The van der Waals surface area contributed by atoms with Crippen molar-refractivity contribution in [3.63, 3.8) is 0 Å². The average Bonchev–Trinajstić information content (AvgIpc) is 2.67. The minimum absolute atomic E-state index is 0.0844. The zero-order valence-electron chi connectivity index (χ0n) is 13.3. The van der Waals surface area contributed by atoms with Gasteiger partial charge in [-0.3, -0.25) is 4.79 Å². The van der Waals surface area contributed by atoms with Crippen molar-refractivity contribution in [2.45, 2.75) is 64.8 Å². The van der Waals surface area contributed by atoms with Crippen LogP contribution in [0.4, 0.5) is 0 Å². The highest BCUT2D eigenvalue weighted by molar-refractivity contribution is 5.82. The van der Waals surface area contributed by atoms with E-state index in [1.165, 1.54) is 0 Å². The summed E-state index contributed by atoms with van der Waals surface area (Å²) in [5.74, 6) is 0.536. The molecular formula is C17H28O3. The molecule has 0 N–H and O–H groups in total. The Labute approximate surface area is 122 Å². The summed E-state index contributed by atoms with van der Waals surface area (Å²) in [6, 6.07) is 0. The summed E-state index contributed by atoms with van der Waals surface area (Å²) in [6.45, 7) is 12.6. The predicted octanol–water partition coefficient (Wildman–Crippen LogP) is 3.73. The molecule has 3 heteroatoms. The Bertz CT molecular complexity index is 386. The zero-order chi connectivity index (χ0) is 15.0. The highest BCUT2D eigenvalue weighted by Crippen LogP contribution is 2.49. The molecule has 0 aromatic heterocycles. The molecular weight excluding hydrogens is 252 g/mol. The highest BCUT2D eigenvalue weighted by Gasteiger charge is 2.56. The summed E-state index contributed by atoms with van der Waals surface area (Å²) < 4.78 is 12.2. The molecule has 1 heterocycles. The van der Waals surface area contributed by atoms with Gasteiger partial charge in [-0.15, -0.1) is 6.58 Å². The molecule has 3 nitrogen and oxygen atoms in total. The van der Waals surface area contributed by atoms with Gasteiger partial charge in [0.1, 0.15) is 5.78 Å². The van der Waals surface area contributed by atoms with E-state index in [1.807, 2.05) is 19.9 Å². The lowest BCUT2D eigenvalue weighted by Gasteiger charge is -2.45. The molecule has 2 rings (SSSR count). The van der Waals surface area contributed by atoms with Crippen LogP contribution in [0.25, 0.3) is 0 Å². The van der Waals surface area contributed by atoms with Crippen LogP contribution in [0.5, 0.6) is 0 Å². The van der Waals surface area contributed by atoms with Crippen LogP contribution in [0.1, 0.15) is 53.4 Å². The van der Waals surface area contributed by atoms with Crippen LogP contribution in [0.3, 0.4) is 0 Å². The van der Waals surface area contributed by atoms with Crippen molar-refractivity contribution in [1.82, 2.24) is 0 Å². The van der Waals surface area contributed by atoms with Crippen molar-refractivity contribution in [2.24, 2.45) is 17.8 Å². The number of Topliss-reactive ketones (excluding diaryl/α,β-unsaturated/α-hetero) is 1. The van der Waals surface area contributed by atoms with Gasteiger partial charge in [0.05, 0.1) is 12.2 Å². The van der Waals surface area contributed by atoms with Crippen LogP contribution < -0.4 is 0 Å². The molecule has 20 heavy (non-hydrogen) atoms. The first-order chi connectivity index (χ1) is 9.31. The van der Waals surface area contributed by atoms with Crippen molar-refractivity contribution in [3.8, 4) is 0 Å². The largest absolute Gasteiger partial charge is 0.347 e. The molecule has 0 bridgehead atoms. The topological polar surface area (TPSA) is 35.5 Å². The van der Waals surface area contributed by atoms with Crippen LogP contribution in [-0.2, 0) is 14.3 Å². The number of ether oxygens (including phenoxy) is 2. The second-order valence-corrected chi connectivity index (χ2v) is 7.06. The summed E-state index contributed by atoms with van der Waals surface area (Å²) in [7, 11) is 0. The Morgan fingerprint density at radius 3 is 2.65 bits per heavy atom. The van der Waals surface area contributed by atoms with Gasteiger partial charge in [0.2, 0.25) is 0 Å². The predicted molar refractivity (Wildman–Crippen MR) is 79.3 cm³/mol. The average molecular weight is 280 g/mol. The van der Waals surface area contributed by atoms with E-state index in [0.29, 0.717) is 24.7 Å². The van der Waals surface area contributed by atoms with E-state index >= 15 is 0 Å². The van der Waals surface area contributed by atoms with Gasteiger partial charge in [-0.05, 0) is 39.0 Å². The van der Waals surface area contributed by atoms with Crippen molar-refractivity contribution in [2.75, 3.05) is 6.61 Å². The first kappa shape index (κ1) is 15.7. The lowest BCUT2D eigenvalue weighted by atomic mass is 9.63. The lowest BCUT2D eigenvalue weighted by Crippen LogP contribution is -2.52. The fourth-order valence-electron chi connectivity index (χ4n) is 3.97. The minimum atomic E-state index is -0.533. The van der Waals surface area contributed by atoms with Crippen LogP contribution in [0, 0.1) is 17.8 Å². The minimum Gasteiger partial charge on any atom is -0.347 e. The normalized spacial score (nSPS) is 36.8. The zero-order valence-corrected chi connectivity index (χ0v) is 13.3. The molecule has 0 aromatic rings. The summed E-state index contributed by atoms with van der Waals surface area (Å²) in [5, 5.41) is 0. The second kappa shape index (κ2) is 5.61. The standard InChI is InChI=1S/C17H28O3/c1-6-7-8-13-15(12(2)3)14(18)9-10-17(13)11-19-16(4,5)20-17/h6,12-13,15H,1,7-11H2,2-5H3/t13-,15-,17+/m0/s1. The quantitative estimate of drug-likeness (QED) is 0.736. The van der Waals surface area contributed by atoms with Gasteiger partial charge in [0.15, 0.2) is 5.79 Å². The van der Waals surface area contributed by atoms with Gasteiger partial charge < -0.3 is 9.47 Å². The number of carbonyl (C=O) groups is 1. The van der Waals surface area contributed by atoms with Gasteiger partial charge in [-0.25, -0.2) is 0 Å². The molecule has 2 aliphatic rings. The van der Waals surface area contributed by atoms with Crippen LogP contribution in [0.2, 0.25) is 0 Å². The van der Waals surface area contributed by atoms with Gasteiger partial charge in [-0.1, -0.05) is 19.9 Å². The second-order valence-electron chi connectivity index (χ2n) is 7.06. The molecule has 3 atom stereocenters. The van der Waals surface area contributed by atoms with E-state index in [4.69, 9.17) is 9.47 Å². The van der Waals surface area contributed by atoms with Gasteiger partial charge in [-0.2, -0.15) is 0 Å². The van der Waals surface area contributed by atoms with E-state index in [0.717, 1.165) is 19.3 Å². The SMILES string of the molecule is C=CCC[C@H]1[C@H](C(C)C)C(=O)CC[C@@]12COC(C)(C)O2. The highest BCUT2D eigenvalue weighted by atomic mass is 16.8. The first-order valence-electron chi connectivity index (χ1n) is 7.79. The summed E-state index contributed by atoms with van der Waals surface area (Å²) in [5.41, 5.74) is -0.282. The molecule has 1 saturated heterocycles. The molecule has 1 aliphatic heterocycles. The molecule has 1 aliphatic carbocycles. The fourth-order valence-corrected chi connectivity index (χ4v) is 3.97. The maximum absolute atomic E-state index is 12.4. The third-order valence-corrected chi connectivity index (χ3v) is 4.79. The number of ketones is 1. The molecule has 0 aromatic carbocycles. The van der Waals surface area contributed by atoms with Crippen molar-refractivity contribution < 1.29 is 14.3 Å². The third kappa shape index (κ3) is 2.84. The number of hydrogen-bond donors (Lipinski definition) is 0. The Balaban J connectivity index is 2.30. The van der Waals surface area contributed by atoms with Crippen LogP contribution >= 0.6 is 0 Å². The Hall–Kier alpha value is -0.670. The monoisotopic (exact) mass is 280 g/mol. The van der Waals surface area contributed by atoms with Gasteiger partial charge >= 0.3 is 0 Å². The van der Waals surface area contributed by atoms with Gasteiger partial charge in [0, 0.05) is 18.3 Å². The molecule has 1 saturated carbocycles. The van der Waals surface area contributed by atoms with E-state index < -0.39 is 5.79 Å². The fraction of sp³-hybridized carbons (Fsp3) is 0.824. The lowest BCUT2D eigenvalue weighted by molar-refractivity contribution is -0.191. The number of allylic oxidation sites excluding steroid dienone is 1. The molecule has 1 spiro atoms. The van der Waals surface area contributed by atoms with E-state index in [-0.39, 0.29) is 17.4 Å². The Morgan fingerprint density at radius 1 is 1.45 bits per heavy atom. The Kier molecular flexibility index (Phi) is 4.41. The molecule has 0 radical (unpaired) electrons. The van der Waals surface area contributed by atoms with Crippen LogP contribution in [0.15, 0.2) is 12.7 Å². The molecule has 2 fully saturated rings. The molecule has 0 amide bonds. The van der Waals surface area contributed by atoms with E-state index in [2.05, 4.69) is 20.4 Å². The number of carbonyl (C=O) groups excluding carboxylic acids is 1. The summed E-state index contributed by atoms with van der Waals surface area (Å²) >= 11 is 0.